The molecule has 24 heavy (non-hydrogen) atoms. The van der Waals surface area contributed by atoms with Gasteiger partial charge in [0, 0.05) is 26.6 Å². The summed E-state index contributed by atoms with van der Waals surface area (Å²) >= 11 is 0. The van der Waals surface area contributed by atoms with Crippen molar-refractivity contribution >= 4 is 11.0 Å². The van der Waals surface area contributed by atoms with Crippen LogP contribution in [0.25, 0.3) is 22.6 Å². The van der Waals surface area contributed by atoms with Crippen LogP contribution in [-0.4, -0.2) is 37.3 Å². The van der Waals surface area contributed by atoms with Crippen LogP contribution >= 0.6 is 0 Å². The Balaban J connectivity index is 2.09. The number of nitrogens with one attached hydrogen (secondary N) is 1. The van der Waals surface area contributed by atoms with Crippen LogP contribution in [0.15, 0.2) is 26.2 Å². The normalized spacial score (nSPS) is 12.7. The molecule has 1 N–H and O–H groups in total. The topological polar surface area (TPSA) is 108 Å². The van der Waals surface area contributed by atoms with Gasteiger partial charge in [0.2, 0.25) is 0 Å². The Hall–Kier alpha value is -2.81. The number of hydrogen-bond donors (Lipinski definition) is 1. The number of nitrogens with zero attached hydrogens (tertiary/aromatic N) is 5. The van der Waals surface area contributed by atoms with Gasteiger partial charge in [-0.3, -0.25) is 13.9 Å². The molecule has 0 saturated heterocycles. The second-order valence-corrected chi connectivity index (χ2v) is 5.68. The van der Waals surface area contributed by atoms with E-state index in [9.17, 15) is 9.59 Å². The van der Waals surface area contributed by atoms with Crippen molar-refractivity contribution in [3.05, 3.63) is 38.8 Å². The summed E-state index contributed by atoms with van der Waals surface area (Å²) in [6, 6.07) is 3.45. The SMILES string of the molecule is CNC(C)Cc1noc(-c2ccc3c(=O)n(C)c(=O)n(C)c3n2)n1. The molecular weight excluding hydrogens is 312 g/mol. The van der Waals surface area contributed by atoms with Crippen LogP contribution in [0.5, 0.6) is 0 Å². The van der Waals surface area contributed by atoms with Gasteiger partial charge in [0.15, 0.2) is 5.82 Å². The maximum absolute atomic E-state index is 12.2. The van der Waals surface area contributed by atoms with E-state index in [2.05, 4.69) is 20.4 Å². The van der Waals surface area contributed by atoms with E-state index in [0.29, 0.717) is 23.3 Å². The molecule has 0 saturated carbocycles. The molecule has 0 radical (unpaired) electrons. The first-order valence-corrected chi connectivity index (χ1v) is 7.49. The number of likely N-dealkylation sites (N-methyl/N-ethyl adjacent to an activating group) is 1. The van der Waals surface area contributed by atoms with E-state index in [0.717, 1.165) is 4.57 Å². The minimum Gasteiger partial charge on any atom is -0.332 e. The van der Waals surface area contributed by atoms with Crippen molar-refractivity contribution in [3.63, 3.8) is 0 Å². The van der Waals surface area contributed by atoms with Crippen LogP contribution in [0, 0.1) is 0 Å². The minimum atomic E-state index is -0.439. The van der Waals surface area contributed by atoms with Crippen LogP contribution in [-0.2, 0) is 20.5 Å². The summed E-state index contributed by atoms with van der Waals surface area (Å²) in [6.45, 7) is 2.01. The molecule has 9 nitrogen and oxygen atoms in total. The molecule has 0 aliphatic heterocycles. The van der Waals surface area contributed by atoms with Crippen LogP contribution in [0.4, 0.5) is 0 Å². The van der Waals surface area contributed by atoms with Gasteiger partial charge in [0.25, 0.3) is 11.4 Å². The molecule has 9 heteroatoms. The summed E-state index contributed by atoms with van der Waals surface area (Å²) in [6.07, 6.45) is 0.618. The van der Waals surface area contributed by atoms with E-state index in [1.165, 1.54) is 11.6 Å². The Kier molecular flexibility index (Phi) is 4.02. The first-order chi connectivity index (χ1) is 11.4. The van der Waals surface area contributed by atoms with Crippen molar-refractivity contribution in [1.29, 1.82) is 0 Å². The van der Waals surface area contributed by atoms with Gasteiger partial charge in [-0.05, 0) is 26.1 Å². The lowest BCUT2D eigenvalue weighted by Gasteiger charge is -2.06. The third-order valence-corrected chi connectivity index (χ3v) is 3.97. The van der Waals surface area contributed by atoms with Gasteiger partial charge in [0.1, 0.15) is 11.3 Å². The molecule has 1 atom stereocenters. The zero-order valence-electron chi connectivity index (χ0n) is 13.9. The van der Waals surface area contributed by atoms with Crippen molar-refractivity contribution < 1.29 is 4.52 Å². The van der Waals surface area contributed by atoms with Gasteiger partial charge in [-0.15, -0.1) is 0 Å². The summed E-state index contributed by atoms with van der Waals surface area (Å²) in [5.74, 6) is 0.815. The molecule has 126 valence electrons. The molecule has 0 amide bonds. The first-order valence-electron chi connectivity index (χ1n) is 7.49. The summed E-state index contributed by atoms with van der Waals surface area (Å²) in [5.41, 5.74) is -0.127. The van der Waals surface area contributed by atoms with E-state index in [1.807, 2.05) is 14.0 Å². The van der Waals surface area contributed by atoms with Gasteiger partial charge in [-0.1, -0.05) is 5.16 Å². The number of pyridine rings is 1. The second kappa shape index (κ2) is 6.00. The van der Waals surface area contributed by atoms with Gasteiger partial charge in [0.05, 0.1) is 5.39 Å². The molecule has 0 aliphatic rings. The number of aromatic nitrogens is 5. The minimum absolute atomic E-state index is 0.212. The number of hydrogen-bond acceptors (Lipinski definition) is 7. The van der Waals surface area contributed by atoms with Crippen LogP contribution in [0.2, 0.25) is 0 Å². The quantitative estimate of drug-likeness (QED) is 0.707. The first kappa shape index (κ1) is 16.1. The summed E-state index contributed by atoms with van der Waals surface area (Å²) in [7, 11) is 4.86. The Morgan fingerprint density at radius 3 is 2.67 bits per heavy atom. The Labute approximate surface area is 136 Å². The van der Waals surface area contributed by atoms with Crippen molar-refractivity contribution in [2.45, 2.75) is 19.4 Å². The average Bonchev–Trinajstić information content (AvgIpc) is 3.05. The van der Waals surface area contributed by atoms with Crippen LogP contribution in [0.1, 0.15) is 12.7 Å². The van der Waals surface area contributed by atoms with Gasteiger partial charge < -0.3 is 9.84 Å². The number of aryl methyl sites for hydroxylation is 1. The lowest BCUT2D eigenvalue weighted by Crippen LogP contribution is -2.37. The highest BCUT2D eigenvalue weighted by molar-refractivity contribution is 5.76. The predicted molar refractivity (Wildman–Crippen MR) is 87.7 cm³/mol. The highest BCUT2D eigenvalue weighted by atomic mass is 16.5. The average molecular weight is 330 g/mol. The van der Waals surface area contributed by atoms with E-state index >= 15 is 0 Å². The summed E-state index contributed by atoms with van der Waals surface area (Å²) in [5, 5.41) is 7.38. The van der Waals surface area contributed by atoms with E-state index in [4.69, 9.17) is 4.52 Å². The molecule has 3 aromatic rings. The molecule has 0 aliphatic carbocycles. The van der Waals surface area contributed by atoms with Crippen LogP contribution in [0.3, 0.4) is 0 Å². The zero-order valence-corrected chi connectivity index (χ0v) is 13.9. The molecule has 3 heterocycles. The Bertz CT molecular complexity index is 1020. The maximum atomic E-state index is 12.2. The number of rotatable bonds is 4. The largest absolute Gasteiger partial charge is 0.332 e. The second-order valence-electron chi connectivity index (χ2n) is 5.68. The van der Waals surface area contributed by atoms with E-state index in [1.54, 1.807) is 19.2 Å². The zero-order chi connectivity index (χ0) is 17.4. The molecule has 1 unspecified atom stereocenters. The fourth-order valence-electron chi connectivity index (χ4n) is 2.39. The third kappa shape index (κ3) is 2.62. The molecule has 0 spiro atoms. The predicted octanol–water partition coefficient (Wildman–Crippen LogP) is -0.167. The van der Waals surface area contributed by atoms with E-state index in [-0.39, 0.29) is 23.1 Å². The van der Waals surface area contributed by atoms with Crippen molar-refractivity contribution in [2.24, 2.45) is 14.1 Å². The maximum Gasteiger partial charge on any atom is 0.332 e. The third-order valence-electron chi connectivity index (χ3n) is 3.97. The lowest BCUT2D eigenvalue weighted by molar-refractivity contribution is 0.417. The van der Waals surface area contributed by atoms with E-state index < -0.39 is 5.69 Å². The molecule has 3 aromatic heterocycles. The highest BCUT2D eigenvalue weighted by Gasteiger charge is 2.15. The highest BCUT2D eigenvalue weighted by Crippen LogP contribution is 2.17. The van der Waals surface area contributed by atoms with Crippen molar-refractivity contribution in [2.75, 3.05) is 7.05 Å². The molecule has 0 bridgehead atoms. The number of fused-ring (bicyclic) bond motifs is 1. The molecule has 0 fully saturated rings. The van der Waals surface area contributed by atoms with Crippen molar-refractivity contribution in [3.8, 4) is 11.6 Å². The fourth-order valence-corrected chi connectivity index (χ4v) is 2.39. The molecular formula is C15H18N6O3. The van der Waals surface area contributed by atoms with Crippen LogP contribution < -0.4 is 16.6 Å². The lowest BCUT2D eigenvalue weighted by atomic mass is 10.2. The summed E-state index contributed by atoms with van der Waals surface area (Å²) in [4.78, 5) is 32.9. The van der Waals surface area contributed by atoms with Crippen molar-refractivity contribution in [1.82, 2.24) is 29.6 Å². The Morgan fingerprint density at radius 1 is 1.21 bits per heavy atom. The standard InChI is InChI=1S/C15H18N6O3/c1-8(16-2)7-11-18-13(24-19-11)10-6-5-9-12(17-10)20(3)15(23)21(4)14(9)22/h5-6,8,16H,7H2,1-4H3. The molecule has 3 rings (SSSR count). The smallest absolute Gasteiger partial charge is 0.332 e. The monoisotopic (exact) mass is 330 g/mol. The van der Waals surface area contributed by atoms with Gasteiger partial charge >= 0.3 is 5.69 Å². The fraction of sp³-hybridized carbons (Fsp3) is 0.400. The summed E-state index contributed by atoms with van der Waals surface area (Å²) < 4.78 is 7.62. The molecule has 0 aromatic carbocycles. The van der Waals surface area contributed by atoms with Gasteiger partial charge in [-0.2, -0.15) is 4.98 Å². The van der Waals surface area contributed by atoms with Gasteiger partial charge in [-0.25, -0.2) is 9.78 Å². The Morgan fingerprint density at radius 2 is 1.96 bits per heavy atom.